The van der Waals surface area contributed by atoms with Gasteiger partial charge in [0.1, 0.15) is 0 Å². The molecule has 1 fully saturated rings. The number of carbonyl (C=O) groups is 1. The SMILES string of the molecule is CC(=O)N1CCN(CCCn2nc(-c3ccc(Cl)c(C#Cc4ccc(CNCc5ccc(Cl)cc5)cc4)c3)c3c2CCN(S(C)(=O)=O)C3)CC1. The predicted octanol–water partition coefficient (Wildman–Crippen LogP) is 5.42. The molecule has 3 aromatic carbocycles. The number of aryl methyl sites for hydroxylation is 1. The number of benzene rings is 3. The van der Waals surface area contributed by atoms with Crippen LogP contribution < -0.4 is 5.32 Å². The third-order valence-electron chi connectivity index (χ3n) is 9.34. The molecule has 0 spiro atoms. The zero-order valence-corrected chi connectivity index (χ0v) is 30.8. The second-order valence-corrected chi connectivity index (χ2v) is 15.7. The summed E-state index contributed by atoms with van der Waals surface area (Å²) >= 11 is 12.6. The molecular formula is C38H42Cl2N6O3S. The highest BCUT2D eigenvalue weighted by molar-refractivity contribution is 7.88. The molecule has 0 bridgehead atoms. The van der Waals surface area contributed by atoms with Gasteiger partial charge in [0.05, 0.1) is 17.0 Å². The summed E-state index contributed by atoms with van der Waals surface area (Å²) in [5, 5.41) is 9.79. The highest BCUT2D eigenvalue weighted by Gasteiger charge is 2.30. The van der Waals surface area contributed by atoms with E-state index in [4.69, 9.17) is 28.3 Å². The summed E-state index contributed by atoms with van der Waals surface area (Å²) in [6.45, 7) is 8.70. The molecule has 262 valence electrons. The molecule has 0 atom stereocenters. The quantitative estimate of drug-likeness (QED) is 0.219. The summed E-state index contributed by atoms with van der Waals surface area (Å²) in [6, 6.07) is 21.7. The van der Waals surface area contributed by atoms with E-state index in [-0.39, 0.29) is 12.5 Å². The summed E-state index contributed by atoms with van der Waals surface area (Å²) in [4.78, 5) is 16.0. The van der Waals surface area contributed by atoms with Gasteiger partial charge in [-0.2, -0.15) is 9.40 Å². The number of carbonyl (C=O) groups excluding carboxylic acids is 1. The Balaban J connectivity index is 1.16. The first-order valence-corrected chi connectivity index (χ1v) is 19.5. The lowest BCUT2D eigenvalue weighted by molar-refractivity contribution is -0.130. The van der Waals surface area contributed by atoms with Crippen molar-refractivity contribution in [3.63, 3.8) is 0 Å². The molecule has 1 N–H and O–H groups in total. The first kappa shape index (κ1) is 36.1. The van der Waals surface area contributed by atoms with Crippen molar-refractivity contribution in [3.05, 3.63) is 110 Å². The third kappa shape index (κ3) is 9.15. The molecule has 1 amide bonds. The zero-order valence-electron chi connectivity index (χ0n) is 28.5. The molecule has 2 aliphatic heterocycles. The number of nitrogens with zero attached hydrogens (tertiary/aromatic N) is 5. The first-order valence-electron chi connectivity index (χ1n) is 16.9. The van der Waals surface area contributed by atoms with Crippen molar-refractivity contribution in [2.75, 3.05) is 45.5 Å². The Labute approximate surface area is 305 Å². The van der Waals surface area contributed by atoms with Crippen LogP contribution in [0.5, 0.6) is 0 Å². The number of fused-ring (bicyclic) bond motifs is 1. The Morgan fingerprint density at radius 1 is 0.880 bits per heavy atom. The molecule has 6 rings (SSSR count). The van der Waals surface area contributed by atoms with E-state index in [1.165, 1.54) is 16.1 Å². The summed E-state index contributed by atoms with van der Waals surface area (Å²) in [5.41, 5.74) is 7.51. The molecular weight excluding hydrogens is 691 g/mol. The van der Waals surface area contributed by atoms with Crippen LogP contribution in [0.15, 0.2) is 66.7 Å². The van der Waals surface area contributed by atoms with Gasteiger partial charge in [-0.05, 0) is 53.9 Å². The lowest BCUT2D eigenvalue weighted by atomic mass is 10.0. The fourth-order valence-electron chi connectivity index (χ4n) is 6.46. The number of aromatic nitrogens is 2. The largest absolute Gasteiger partial charge is 0.340 e. The van der Waals surface area contributed by atoms with Crippen molar-refractivity contribution in [3.8, 4) is 23.1 Å². The number of rotatable bonds is 10. The van der Waals surface area contributed by atoms with Gasteiger partial charge >= 0.3 is 0 Å². The van der Waals surface area contributed by atoms with Crippen LogP contribution in [0.25, 0.3) is 11.3 Å². The van der Waals surface area contributed by atoms with Gasteiger partial charge in [0.25, 0.3) is 0 Å². The fraction of sp³-hybridized carbons (Fsp3) is 0.368. The van der Waals surface area contributed by atoms with E-state index in [0.29, 0.717) is 23.6 Å². The van der Waals surface area contributed by atoms with E-state index in [1.807, 2.05) is 59.5 Å². The Morgan fingerprint density at radius 3 is 2.22 bits per heavy atom. The van der Waals surface area contributed by atoms with Crippen LogP contribution in [0.4, 0.5) is 0 Å². The van der Waals surface area contributed by atoms with Crippen molar-refractivity contribution in [1.82, 2.24) is 29.2 Å². The van der Waals surface area contributed by atoms with E-state index < -0.39 is 10.0 Å². The van der Waals surface area contributed by atoms with Crippen molar-refractivity contribution in [2.24, 2.45) is 0 Å². The van der Waals surface area contributed by atoms with Crippen molar-refractivity contribution in [1.29, 1.82) is 0 Å². The minimum absolute atomic E-state index is 0.129. The number of piperazine rings is 1. The van der Waals surface area contributed by atoms with Gasteiger partial charge in [0.2, 0.25) is 15.9 Å². The van der Waals surface area contributed by atoms with Crippen LogP contribution in [-0.2, 0) is 47.4 Å². The van der Waals surface area contributed by atoms with Crippen LogP contribution in [0, 0.1) is 11.8 Å². The Bertz CT molecular complexity index is 1990. The van der Waals surface area contributed by atoms with Crippen molar-refractivity contribution < 1.29 is 13.2 Å². The molecule has 9 nitrogen and oxygen atoms in total. The topological polar surface area (TPSA) is 90.8 Å². The Hall–Kier alpha value is -3.69. The maximum Gasteiger partial charge on any atom is 0.219 e. The molecule has 1 aromatic heterocycles. The minimum Gasteiger partial charge on any atom is -0.340 e. The predicted molar refractivity (Wildman–Crippen MR) is 199 cm³/mol. The van der Waals surface area contributed by atoms with Gasteiger partial charge in [-0.3, -0.25) is 14.4 Å². The average molecular weight is 734 g/mol. The number of sulfonamides is 1. The average Bonchev–Trinajstić information content (AvgIpc) is 3.47. The summed E-state index contributed by atoms with van der Waals surface area (Å²) in [6.07, 6.45) is 2.76. The Kier molecular flexibility index (Phi) is 11.6. The van der Waals surface area contributed by atoms with E-state index in [1.54, 1.807) is 6.92 Å². The number of hydrogen-bond acceptors (Lipinski definition) is 6. The smallest absolute Gasteiger partial charge is 0.219 e. The summed E-state index contributed by atoms with van der Waals surface area (Å²) in [5.74, 6) is 6.63. The second kappa shape index (κ2) is 16.1. The third-order valence-corrected chi connectivity index (χ3v) is 11.2. The van der Waals surface area contributed by atoms with E-state index in [9.17, 15) is 13.2 Å². The molecule has 50 heavy (non-hydrogen) atoms. The molecule has 4 aromatic rings. The lowest BCUT2D eigenvalue weighted by Crippen LogP contribution is -2.48. The molecule has 0 unspecified atom stereocenters. The molecule has 12 heteroatoms. The van der Waals surface area contributed by atoms with Gasteiger partial charge in [-0.25, -0.2) is 8.42 Å². The summed E-state index contributed by atoms with van der Waals surface area (Å²) < 4.78 is 28.7. The highest BCUT2D eigenvalue weighted by Crippen LogP contribution is 2.33. The second-order valence-electron chi connectivity index (χ2n) is 12.9. The number of amides is 1. The summed E-state index contributed by atoms with van der Waals surface area (Å²) in [7, 11) is -3.37. The minimum atomic E-state index is -3.37. The number of nitrogens with one attached hydrogen (secondary N) is 1. The normalized spacial score (nSPS) is 15.4. The molecule has 0 aliphatic carbocycles. The Morgan fingerprint density at radius 2 is 1.56 bits per heavy atom. The number of hydrogen-bond donors (Lipinski definition) is 1. The van der Waals surface area contributed by atoms with Crippen LogP contribution in [0.1, 0.15) is 46.9 Å². The van der Waals surface area contributed by atoms with Gasteiger partial charge in [-0.1, -0.05) is 65.4 Å². The lowest BCUT2D eigenvalue weighted by Gasteiger charge is -2.34. The van der Waals surface area contributed by atoms with Gasteiger partial charge in [-0.15, -0.1) is 0 Å². The van der Waals surface area contributed by atoms with Crippen LogP contribution >= 0.6 is 23.2 Å². The first-order chi connectivity index (χ1) is 24.0. The van der Waals surface area contributed by atoms with E-state index >= 15 is 0 Å². The highest BCUT2D eigenvalue weighted by atomic mass is 35.5. The maximum absolute atomic E-state index is 12.5. The standard InChI is InChI=1S/C38H42Cl2N6O3S/c1-28(47)44-22-20-43(21-23-44)17-3-18-46-37-16-19-45(50(2,48)49)27-35(37)38(42-46)33-12-15-36(40)32(24-33)11-8-29-4-6-30(7-5-29)25-41-26-31-9-13-34(39)14-10-31/h4-7,9-10,12-15,24,41H,3,16-23,25-27H2,1-2H3. The van der Waals surface area contributed by atoms with Crippen LogP contribution in [-0.4, -0.2) is 83.7 Å². The molecule has 2 aliphatic rings. The monoisotopic (exact) mass is 732 g/mol. The fourth-order valence-corrected chi connectivity index (χ4v) is 7.54. The van der Waals surface area contributed by atoms with Gasteiger partial charge in [0.15, 0.2) is 0 Å². The molecule has 0 saturated carbocycles. The molecule has 1 saturated heterocycles. The maximum atomic E-state index is 12.5. The van der Waals surface area contributed by atoms with Gasteiger partial charge in [0, 0.05) is 112 Å². The van der Waals surface area contributed by atoms with Gasteiger partial charge < -0.3 is 10.2 Å². The zero-order chi connectivity index (χ0) is 35.3. The van der Waals surface area contributed by atoms with Crippen LogP contribution in [0.2, 0.25) is 10.0 Å². The van der Waals surface area contributed by atoms with Crippen molar-refractivity contribution >= 4 is 39.1 Å². The van der Waals surface area contributed by atoms with Crippen molar-refractivity contribution in [2.45, 2.75) is 45.9 Å². The molecule has 3 heterocycles. The van der Waals surface area contributed by atoms with E-state index in [0.717, 1.165) is 97.4 Å². The number of halogens is 2. The van der Waals surface area contributed by atoms with E-state index in [2.05, 4.69) is 38.9 Å². The van der Waals surface area contributed by atoms with Crippen LogP contribution in [0.3, 0.4) is 0 Å². The molecule has 0 radical (unpaired) electrons.